The monoisotopic (exact) mass is 485 g/mol. The molecule has 10 heteroatoms. The summed E-state index contributed by atoms with van der Waals surface area (Å²) < 4.78 is 1.59. The number of hydrogen-bond acceptors (Lipinski definition) is 8. The molecule has 0 aliphatic heterocycles. The molecule has 1 aromatic carbocycles. The van der Waals surface area contributed by atoms with Crippen molar-refractivity contribution in [3.8, 4) is 0 Å². The number of carbonyl (C=O) groups excluding carboxylic acids is 1. The van der Waals surface area contributed by atoms with Gasteiger partial charge in [-0.2, -0.15) is 0 Å². The number of aromatic nitrogens is 4. The quantitative estimate of drug-likeness (QED) is 0.311. The van der Waals surface area contributed by atoms with Crippen LogP contribution in [-0.4, -0.2) is 51.7 Å². The molecule has 0 spiro atoms. The molecule has 4 aromatic rings. The number of hydrogen-bond donors (Lipinski definition) is 4. The third-order valence-corrected chi connectivity index (χ3v) is 6.43. The van der Waals surface area contributed by atoms with E-state index < -0.39 is 0 Å². The number of carbonyl (C=O) groups is 1. The molecule has 0 atom stereocenters. The summed E-state index contributed by atoms with van der Waals surface area (Å²) >= 11 is 0. The standard InChI is InChI=1S/C26H31N9O/c1-34(2)21-9-7-18(8-10-21)30-22-15-24(31-19-5-3-17(27)4-6-19)33-35-23(16-29-25(22)35)26(36)32-20-11-13-28-14-12-20/h7-17,19,30H,3-6,27H2,1-2H3,(H,31,33)(H,28,32,36)/t17-,19-. The van der Waals surface area contributed by atoms with Crippen molar-refractivity contribution in [2.24, 2.45) is 5.73 Å². The molecule has 36 heavy (non-hydrogen) atoms. The molecule has 1 aliphatic carbocycles. The Labute approximate surface area is 209 Å². The van der Waals surface area contributed by atoms with Gasteiger partial charge in [0.05, 0.1) is 11.9 Å². The fraction of sp³-hybridized carbons (Fsp3) is 0.308. The lowest BCUT2D eigenvalue weighted by Crippen LogP contribution is -2.33. The van der Waals surface area contributed by atoms with Crippen LogP contribution in [0.1, 0.15) is 36.2 Å². The first-order chi connectivity index (χ1) is 17.5. The predicted molar refractivity (Wildman–Crippen MR) is 143 cm³/mol. The van der Waals surface area contributed by atoms with Gasteiger partial charge in [0.2, 0.25) is 0 Å². The largest absolute Gasteiger partial charge is 0.378 e. The van der Waals surface area contributed by atoms with E-state index in [0.29, 0.717) is 22.8 Å². The van der Waals surface area contributed by atoms with Crippen LogP contribution in [0.5, 0.6) is 0 Å². The molecular weight excluding hydrogens is 454 g/mol. The highest BCUT2D eigenvalue weighted by Gasteiger charge is 2.21. The van der Waals surface area contributed by atoms with Crippen LogP contribution >= 0.6 is 0 Å². The molecule has 1 aliphatic rings. The molecule has 0 saturated heterocycles. The van der Waals surface area contributed by atoms with Gasteiger partial charge in [-0.3, -0.25) is 9.78 Å². The van der Waals surface area contributed by atoms with E-state index >= 15 is 0 Å². The van der Waals surface area contributed by atoms with Gasteiger partial charge in [0.25, 0.3) is 5.91 Å². The number of benzene rings is 1. The maximum atomic E-state index is 13.1. The molecule has 1 saturated carbocycles. The topological polar surface area (TPSA) is 126 Å². The number of nitrogens with zero attached hydrogens (tertiary/aromatic N) is 5. The minimum absolute atomic E-state index is 0.262. The van der Waals surface area contributed by atoms with Crippen molar-refractivity contribution in [3.63, 3.8) is 0 Å². The van der Waals surface area contributed by atoms with Crippen molar-refractivity contribution < 1.29 is 4.79 Å². The minimum atomic E-state index is -0.303. The van der Waals surface area contributed by atoms with Crippen LogP contribution in [0.2, 0.25) is 0 Å². The molecule has 1 fully saturated rings. The number of rotatable bonds is 7. The van der Waals surface area contributed by atoms with E-state index in [4.69, 9.17) is 10.8 Å². The second-order valence-corrected chi connectivity index (χ2v) is 9.33. The average molecular weight is 486 g/mol. The molecule has 1 amide bonds. The minimum Gasteiger partial charge on any atom is -0.378 e. The van der Waals surface area contributed by atoms with Crippen molar-refractivity contribution >= 4 is 40.1 Å². The molecule has 0 unspecified atom stereocenters. The Kier molecular flexibility index (Phi) is 6.68. The van der Waals surface area contributed by atoms with E-state index in [1.165, 1.54) is 0 Å². The maximum Gasteiger partial charge on any atom is 0.276 e. The van der Waals surface area contributed by atoms with E-state index in [2.05, 4.69) is 30.8 Å². The van der Waals surface area contributed by atoms with Crippen LogP contribution in [0.25, 0.3) is 5.65 Å². The van der Waals surface area contributed by atoms with Crippen molar-refractivity contribution in [1.82, 2.24) is 19.6 Å². The fourth-order valence-corrected chi connectivity index (χ4v) is 4.39. The lowest BCUT2D eigenvalue weighted by Gasteiger charge is -2.27. The zero-order valence-electron chi connectivity index (χ0n) is 20.5. The van der Waals surface area contributed by atoms with Gasteiger partial charge in [0.1, 0.15) is 5.82 Å². The normalized spacial score (nSPS) is 17.5. The molecule has 5 rings (SSSR count). The summed E-state index contributed by atoms with van der Waals surface area (Å²) in [5.74, 6) is 0.370. The van der Waals surface area contributed by atoms with Crippen LogP contribution in [0, 0.1) is 0 Å². The van der Waals surface area contributed by atoms with Gasteiger partial charge in [-0.1, -0.05) is 0 Å². The number of nitrogens with one attached hydrogen (secondary N) is 3. The second-order valence-electron chi connectivity index (χ2n) is 9.33. The Hall–Kier alpha value is -4.18. The molecule has 10 nitrogen and oxygen atoms in total. The van der Waals surface area contributed by atoms with Gasteiger partial charge in [-0.25, -0.2) is 9.50 Å². The van der Waals surface area contributed by atoms with Gasteiger partial charge in [-0.15, -0.1) is 5.10 Å². The predicted octanol–water partition coefficient (Wildman–Crippen LogP) is 3.87. The Bertz CT molecular complexity index is 1330. The Balaban J connectivity index is 1.48. The fourth-order valence-electron chi connectivity index (χ4n) is 4.39. The highest BCUT2D eigenvalue weighted by Crippen LogP contribution is 2.28. The number of imidazole rings is 1. The number of nitrogens with two attached hydrogens (primary N) is 1. The lowest BCUT2D eigenvalue weighted by molar-refractivity contribution is 0.102. The summed E-state index contributed by atoms with van der Waals surface area (Å²) in [5.41, 5.74) is 10.4. The summed E-state index contributed by atoms with van der Waals surface area (Å²) in [6.07, 6.45) is 8.72. The van der Waals surface area contributed by atoms with Gasteiger partial charge in [-0.05, 0) is 62.1 Å². The summed E-state index contributed by atoms with van der Waals surface area (Å²) in [6, 6.07) is 14.1. The smallest absolute Gasteiger partial charge is 0.276 e. The molecule has 3 aromatic heterocycles. The molecule has 5 N–H and O–H groups in total. The van der Waals surface area contributed by atoms with Crippen LogP contribution in [0.15, 0.2) is 61.1 Å². The second kappa shape index (κ2) is 10.2. The lowest BCUT2D eigenvalue weighted by atomic mass is 9.92. The first kappa shape index (κ1) is 23.6. The van der Waals surface area contributed by atoms with E-state index in [1.807, 2.05) is 44.4 Å². The number of fused-ring (bicyclic) bond motifs is 1. The van der Waals surface area contributed by atoms with Crippen LogP contribution < -0.4 is 26.6 Å². The molecule has 186 valence electrons. The van der Waals surface area contributed by atoms with E-state index in [-0.39, 0.29) is 18.0 Å². The highest BCUT2D eigenvalue weighted by atomic mass is 16.2. The zero-order valence-corrected chi connectivity index (χ0v) is 20.5. The molecule has 0 radical (unpaired) electrons. The van der Waals surface area contributed by atoms with Crippen molar-refractivity contribution in [2.45, 2.75) is 37.8 Å². The number of pyridine rings is 1. The third-order valence-electron chi connectivity index (χ3n) is 6.43. The van der Waals surface area contributed by atoms with Crippen LogP contribution in [0.3, 0.4) is 0 Å². The average Bonchev–Trinajstić information content (AvgIpc) is 3.31. The van der Waals surface area contributed by atoms with Gasteiger partial charge >= 0.3 is 0 Å². The van der Waals surface area contributed by atoms with E-state index in [0.717, 1.165) is 42.7 Å². The van der Waals surface area contributed by atoms with Crippen LogP contribution in [0.4, 0.5) is 28.6 Å². The first-order valence-electron chi connectivity index (χ1n) is 12.1. The Morgan fingerprint density at radius 3 is 2.44 bits per heavy atom. The third kappa shape index (κ3) is 5.23. The van der Waals surface area contributed by atoms with Gasteiger partial charge < -0.3 is 26.6 Å². The number of anilines is 5. The van der Waals surface area contributed by atoms with Crippen molar-refractivity contribution in [1.29, 1.82) is 0 Å². The molecule has 0 bridgehead atoms. The van der Waals surface area contributed by atoms with Crippen molar-refractivity contribution in [3.05, 3.63) is 66.7 Å². The summed E-state index contributed by atoms with van der Waals surface area (Å²) in [4.78, 5) is 23.7. The summed E-state index contributed by atoms with van der Waals surface area (Å²) in [7, 11) is 4.02. The first-order valence-corrected chi connectivity index (χ1v) is 12.1. The number of amides is 1. The Morgan fingerprint density at radius 2 is 1.75 bits per heavy atom. The molecular formula is C26H31N9O. The Morgan fingerprint density at radius 1 is 1.03 bits per heavy atom. The van der Waals surface area contributed by atoms with E-state index in [9.17, 15) is 4.79 Å². The van der Waals surface area contributed by atoms with E-state index in [1.54, 1.807) is 35.2 Å². The SMILES string of the molecule is CN(C)c1ccc(Nc2cc(N[C@H]3CC[C@H](N)CC3)nn3c(C(=O)Nc4ccncc4)cnc23)cc1. The van der Waals surface area contributed by atoms with Crippen molar-refractivity contribution in [2.75, 3.05) is 34.9 Å². The maximum absolute atomic E-state index is 13.1. The summed E-state index contributed by atoms with van der Waals surface area (Å²) in [5, 5.41) is 14.6. The highest BCUT2D eigenvalue weighted by molar-refractivity contribution is 6.03. The van der Waals surface area contributed by atoms with Gasteiger partial charge in [0, 0.05) is 61.7 Å². The summed E-state index contributed by atoms with van der Waals surface area (Å²) in [6.45, 7) is 0. The zero-order chi connectivity index (χ0) is 25.1. The van der Waals surface area contributed by atoms with Crippen LogP contribution in [-0.2, 0) is 0 Å². The molecule has 3 heterocycles. The van der Waals surface area contributed by atoms with Gasteiger partial charge in [0.15, 0.2) is 11.3 Å².